The largest absolute Gasteiger partial charge is 2.00 e. The molecular weight excluding hydrogens is 320 g/mol. The van der Waals surface area contributed by atoms with Crippen LogP contribution in [0.15, 0.2) is 0 Å². The average Bonchev–Trinajstić information content (AvgIpc) is 1.77. The summed E-state index contributed by atoms with van der Waals surface area (Å²) in [6.07, 6.45) is 0. The number of aromatic nitrogens is 3. The molecule has 0 aliphatic carbocycles. The van der Waals surface area contributed by atoms with E-state index in [1.54, 1.807) is 0 Å². The predicted molar refractivity (Wildman–Crippen MR) is 78.5 cm³/mol. The molecule has 0 radical (unpaired) electrons. The van der Waals surface area contributed by atoms with Gasteiger partial charge in [0.05, 0.1) is 0 Å². The first-order valence-electron chi connectivity index (χ1n) is 2.99. The van der Waals surface area contributed by atoms with Crippen molar-refractivity contribution < 1.29 is 38.8 Å². The van der Waals surface area contributed by atoms with Gasteiger partial charge in [-0.2, -0.15) is 15.0 Å². The maximum Gasteiger partial charge on any atom is 2.00 e. The van der Waals surface area contributed by atoms with E-state index in [0.717, 1.165) is 0 Å². The number of nitrogen functional groups attached to an aromatic ring is 3. The molecule has 0 bridgehead atoms. The molecule has 0 aliphatic rings. The maximum absolute atomic E-state index is 8.88. The van der Waals surface area contributed by atoms with Gasteiger partial charge in [-0.3, -0.25) is 0 Å². The monoisotopic (exact) mass is 338 g/mol. The van der Waals surface area contributed by atoms with E-state index in [9.17, 15) is 0 Å². The summed E-state index contributed by atoms with van der Waals surface area (Å²) in [6.45, 7) is 0. The molecule has 1 rings (SSSR count). The van der Waals surface area contributed by atoms with E-state index in [1.807, 2.05) is 0 Å². The quantitative estimate of drug-likeness (QED) is 0.195. The Kier molecular flexibility index (Phi) is 32.5. The molecule has 1 aromatic rings. The van der Waals surface area contributed by atoms with Crippen LogP contribution in [0.25, 0.3) is 0 Å². The zero-order valence-corrected chi connectivity index (χ0v) is 15.0. The Morgan fingerprint density at radius 1 is 0.789 bits per heavy atom. The Morgan fingerprint density at radius 3 is 1.00 bits per heavy atom. The Labute approximate surface area is 165 Å². The van der Waals surface area contributed by atoms with Crippen LogP contribution < -0.4 is 17.2 Å². The number of rotatable bonds is 0. The Balaban J connectivity index is -0.00000000991. The van der Waals surface area contributed by atoms with Gasteiger partial charge in [0, 0.05) is 0 Å². The second-order valence-electron chi connectivity index (χ2n) is 1.92. The molecule has 0 saturated heterocycles. The van der Waals surface area contributed by atoms with Gasteiger partial charge in [0.15, 0.2) is 0 Å². The number of anilines is 3. The summed E-state index contributed by atoms with van der Waals surface area (Å²) in [5.41, 5.74) is 15.4. The molecule has 12 nitrogen and oxygen atoms in total. The van der Waals surface area contributed by atoms with Crippen LogP contribution >= 0.6 is 7.82 Å². The minimum atomic E-state index is -4.64. The van der Waals surface area contributed by atoms with Crippen LogP contribution in [0.3, 0.4) is 0 Å². The van der Waals surface area contributed by atoms with Gasteiger partial charge in [-0.1, -0.05) is 0 Å². The van der Waals surface area contributed by atoms with Crippen molar-refractivity contribution in [2.75, 3.05) is 17.2 Å². The molecule has 1 aromatic heterocycles. The van der Waals surface area contributed by atoms with E-state index in [4.69, 9.17) is 36.4 Å². The average molecular weight is 339 g/mol. The molecule has 1 heterocycles. The van der Waals surface area contributed by atoms with E-state index < -0.39 is 7.82 Å². The fraction of sp³-hybridized carbons (Fsp3) is 0. The zero-order valence-electron chi connectivity index (χ0n) is 15.9. The fourth-order valence-corrected chi connectivity index (χ4v) is 0.427. The molecule has 0 unspecified atom stereocenters. The van der Waals surface area contributed by atoms with Crippen molar-refractivity contribution >= 4 is 94.8 Å². The first kappa shape index (κ1) is 36.7. The maximum atomic E-state index is 8.88. The minimum absolute atomic E-state index is 0. The standard InChI is InChI=1S/C3H6N6.3Mg.H3O4P.2H2O.6H/c4-1-7-2(5)9-3(6)8-1;;;;1-5(2,3)4;;;;;;;;/h(H6,4,5,6,7,8,9);;;;(H3,1,2,3,4);2*1H2;;;;;;/q;3*+2;;;;6*-1. The summed E-state index contributed by atoms with van der Waals surface area (Å²) in [6, 6.07) is 0. The molecule has 0 spiro atoms. The number of hydrogen-bond acceptors (Lipinski definition) is 7. The summed E-state index contributed by atoms with van der Waals surface area (Å²) < 4.78 is 8.88. The molecule has 16 heteroatoms. The van der Waals surface area contributed by atoms with Gasteiger partial charge in [-0.15, -0.1) is 0 Å². The van der Waals surface area contributed by atoms with Gasteiger partial charge in [-0.05, 0) is 0 Å². The third-order valence-corrected chi connectivity index (χ3v) is 0.687. The number of phosphoric acid groups is 1. The molecule has 19 heavy (non-hydrogen) atoms. The van der Waals surface area contributed by atoms with Crippen molar-refractivity contribution in [3.8, 4) is 0 Å². The predicted octanol–water partition coefficient (Wildman–Crippen LogP) is -4.43. The minimum Gasteiger partial charge on any atom is -1.00 e. The number of nitrogens with two attached hydrogens (primary N) is 3. The van der Waals surface area contributed by atoms with Crippen molar-refractivity contribution in [1.29, 1.82) is 0 Å². The van der Waals surface area contributed by atoms with Gasteiger partial charge >= 0.3 is 77.0 Å². The van der Waals surface area contributed by atoms with Crippen LogP contribution in [-0.2, 0) is 4.57 Å². The van der Waals surface area contributed by atoms with E-state index >= 15 is 0 Å². The molecule has 0 fully saturated rings. The second kappa shape index (κ2) is 16.8. The van der Waals surface area contributed by atoms with Crippen molar-refractivity contribution in [1.82, 2.24) is 15.0 Å². The Hall–Kier alpha value is 0.739. The van der Waals surface area contributed by atoms with Gasteiger partial charge in [0.25, 0.3) is 0 Å². The van der Waals surface area contributed by atoms with E-state index in [2.05, 4.69) is 15.0 Å². The summed E-state index contributed by atoms with van der Waals surface area (Å²) >= 11 is 0. The number of nitrogens with zero attached hydrogens (tertiary/aromatic N) is 3. The summed E-state index contributed by atoms with van der Waals surface area (Å²) in [5.74, 6) is 0.125. The van der Waals surface area contributed by atoms with Gasteiger partial charge in [-0.25, -0.2) is 4.57 Å². The van der Waals surface area contributed by atoms with Crippen LogP contribution in [-0.4, -0.2) is 110 Å². The molecule has 13 N–H and O–H groups in total. The van der Waals surface area contributed by atoms with Crippen molar-refractivity contribution in [3.05, 3.63) is 0 Å². The third-order valence-electron chi connectivity index (χ3n) is 0.687. The van der Waals surface area contributed by atoms with E-state index in [0.29, 0.717) is 0 Å². The first-order valence-corrected chi connectivity index (χ1v) is 4.56. The molecule has 0 atom stereocenters. The topological polar surface area (TPSA) is 257 Å². The van der Waals surface area contributed by atoms with Crippen molar-refractivity contribution in [3.63, 3.8) is 0 Å². The molecule has 0 aromatic carbocycles. The first-order chi connectivity index (χ1) is 6.18. The smallest absolute Gasteiger partial charge is 1.00 e. The Morgan fingerprint density at radius 2 is 0.895 bits per heavy atom. The van der Waals surface area contributed by atoms with Crippen LogP contribution in [0.2, 0.25) is 0 Å². The summed E-state index contributed by atoms with van der Waals surface area (Å²) in [7, 11) is -4.64. The molecule has 0 aliphatic heterocycles. The SMILES string of the molecule is Nc1nc(N)nc(N)n1.O.O.O=P(O)(O)O.[H-].[H-].[H-].[H-].[H-].[H-].[Mg+2].[Mg+2].[Mg+2]. The molecule has 108 valence electrons. The van der Waals surface area contributed by atoms with E-state index in [-0.39, 0.29) is 107 Å². The third kappa shape index (κ3) is 32.4. The normalized spacial score (nSPS) is 7.53. The molecular formula is C3H19Mg3N6O6P. The summed E-state index contributed by atoms with van der Waals surface area (Å²) in [5, 5.41) is 0. The van der Waals surface area contributed by atoms with Gasteiger partial charge < -0.3 is 51.4 Å². The number of hydrogen-bond donors (Lipinski definition) is 6. The molecule has 0 amide bonds. The Bertz CT molecular complexity index is 327. The van der Waals surface area contributed by atoms with Gasteiger partial charge in [0.2, 0.25) is 17.8 Å². The summed E-state index contributed by atoms with van der Waals surface area (Å²) in [4.78, 5) is 32.0. The molecule has 0 saturated carbocycles. The van der Waals surface area contributed by atoms with Gasteiger partial charge in [0.1, 0.15) is 0 Å². The fourth-order valence-electron chi connectivity index (χ4n) is 0.427. The van der Waals surface area contributed by atoms with E-state index in [1.165, 1.54) is 0 Å². The zero-order chi connectivity index (χ0) is 11.4. The second-order valence-corrected chi connectivity index (χ2v) is 2.95. The van der Waals surface area contributed by atoms with Crippen molar-refractivity contribution in [2.45, 2.75) is 0 Å². The van der Waals surface area contributed by atoms with Crippen LogP contribution in [0.1, 0.15) is 8.56 Å². The van der Waals surface area contributed by atoms with Crippen LogP contribution in [0.5, 0.6) is 0 Å². The van der Waals surface area contributed by atoms with Crippen LogP contribution in [0.4, 0.5) is 17.8 Å². The van der Waals surface area contributed by atoms with Crippen LogP contribution in [0, 0.1) is 0 Å². The van der Waals surface area contributed by atoms with Crippen molar-refractivity contribution in [2.24, 2.45) is 0 Å².